The molecular weight excluding hydrogens is 1300 g/mol. The molecule has 0 spiro atoms. The van der Waals surface area contributed by atoms with Gasteiger partial charge in [0.25, 0.3) is 0 Å². The van der Waals surface area contributed by atoms with Gasteiger partial charge < -0.3 is 75.8 Å². The maximum Gasteiger partial charge on any atom is 0.0701 e. The fraction of sp³-hybridized carbons (Fsp3) is 0.500. The molecule has 6 heterocycles. The van der Waals surface area contributed by atoms with Crippen LogP contribution < -0.4 is 0 Å². The number of fused-ring (bicyclic) bond motifs is 4. The Bertz CT molecular complexity index is 2840. The van der Waals surface area contributed by atoms with Crippen molar-refractivity contribution < 1.29 is 75.8 Å². The molecule has 16 nitrogen and oxygen atoms in total. The minimum Gasteiger partial charge on any atom is -0.381 e. The third-order valence-corrected chi connectivity index (χ3v) is 16.6. The van der Waals surface area contributed by atoms with Crippen LogP contribution in [0.5, 0.6) is 0 Å². The van der Waals surface area contributed by atoms with Gasteiger partial charge in [0, 0.05) is 156 Å². The van der Waals surface area contributed by atoms with Gasteiger partial charge in [0.05, 0.1) is 159 Å². The second-order valence-corrected chi connectivity index (χ2v) is 23.5. The Morgan fingerprint density at radius 1 is 0.133 bits per heavy atom. The fourth-order valence-corrected chi connectivity index (χ4v) is 11.8. The maximum absolute atomic E-state index is 5.33. The Labute approximate surface area is 665 Å². The predicted molar refractivity (Wildman–Crippen MR) is 397 cm³/mol. The van der Waals surface area contributed by atoms with Crippen molar-refractivity contribution in [2.45, 2.75) is 51.4 Å². The molecule has 0 atom stereocenters. The maximum atomic E-state index is 5.33. The number of hydrogen-bond donors (Lipinski definition) is 0. The van der Waals surface area contributed by atoms with Gasteiger partial charge >= 0.3 is 0 Å². The van der Waals surface area contributed by atoms with Gasteiger partial charge in [0.1, 0.15) is 0 Å². The van der Waals surface area contributed by atoms with Crippen molar-refractivity contribution in [3.05, 3.63) is 146 Å². The molecule has 10 aromatic rings. The summed E-state index contributed by atoms with van der Waals surface area (Å²) < 4.78 is 83.7. The number of hydrogen-bond acceptors (Lipinski definition) is 16. The van der Waals surface area contributed by atoms with Gasteiger partial charge in [-0.05, 0) is 138 Å². The number of rotatable bonds is 0. The van der Waals surface area contributed by atoms with E-state index < -0.39 is 0 Å². The van der Waals surface area contributed by atoms with Crippen LogP contribution in [0.15, 0.2) is 146 Å². The van der Waals surface area contributed by atoms with Crippen molar-refractivity contribution in [1.29, 1.82) is 0 Å². The average Bonchev–Trinajstić information content (AvgIpc) is 0.889. The molecule has 0 aliphatic carbocycles. The van der Waals surface area contributed by atoms with Gasteiger partial charge in [0.2, 0.25) is 0 Å². The van der Waals surface area contributed by atoms with E-state index in [0.717, 1.165) is 52.9 Å². The van der Waals surface area contributed by atoms with E-state index >= 15 is 0 Å². The van der Waals surface area contributed by atoms with Crippen molar-refractivity contribution in [3.8, 4) is 0 Å². The van der Waals surface area contributed by atoms with Crippen LogP contribution in [0.25, 0.3) is 86.2 Å². The summed E-state index contributed by atoms with van der Waals surface area (Å²) in [5.41, 5.74) is 0. The molecule has 0 saturated carbocycles. The van der Waals surface area contributed by atoms with Crippen LogP contribution in [0, 0.1) is 0 Å². The Kier molecular flexibility index (Phi) is 44.2. The van der Waals surface area contributed by atoms with Crippen LogP contribution in [0.3, 0.4) is 0 Å². The van der Waals surface area contributed by atoms with Crippen LogP contribution in [0.4, 0.5) is 0 Å². The first kappa shape index (κ1) is 82.7. The molecule has 18 heteroatoms. The molecule has 0 bridgehead atoms. The van der Waals surface area contributed by atoms with Gasteiger partial charge in [0.15, 0.2) is 0 Å². The Balaban J connectivity index is 0.000000166. The molecule has 522 valence electrons. The molecule has 10 aromatic carbocycles. The van der Waals surface area contributed by atoms with Gasteiger partial charge in [-0.1, -0.05) is 146 Å². The summed E-state index contributed by atoms with van der Waals surface area (Å²) in [7, 11) is 0. The zero-order valence-electron chi connectivity index (χ0n) is 58.7. The van der Waals surface area contributed by atoms with E-state index in [1.54, 1.807) is 0 Å². The van der Waals surface area contributed by atoms with Crippen molar-refractivity contribution in [1.82, 2.24) is 0 Å². The summed E-state index contributed by atoms with van der Waals surface area (Å²) >= 11 is 0. The van der Waals surface area contributed by atoms with E-state index in [4.69, 9.17) is 75.8 Å². The molecule has 6 fully saturated rings. The first-order valence-electron chi connectivity index (χ1n) is 35.2. The monoisotopic (exact) mass is 1400 g/mol. The molecule has 2 radical (unpaired) electrons. The second kappa shape index (κ2) is 52.4. The second-order valence-electron chi connectivity index (χ2n) is 23.5. The Morgan fingerprint density at radius 2 is 0.235 bits per heavy atom. The smallest absolute Gasteiger partial charge is 0.0701 e. The van der Waals surface area contributed by atoms with E-state index in [2.05, 4.69) is 146 Å². The summed E-state index contributed by atoms with van der Waals surface area (Å²) in [6.45, 7) is 22.1. The summed E-state index contributed by atoms with van der Waals surface area (Å²) in [6, 6.07) is 52.9. The van der Waals surface area contributed by atoms with Crippen LogP contribution in [0.1, 0.15) is 51.4 Å². The minimum absolute atomic E-state index is 0. The molecule has 6 aliphatic rings. The largest absolute Gasteiger partial charge is 0.381 e. The fourth-order valence-electron chi connectivity index (χ4n) is 11.8. The molecule has 0 unspecified atom stereocenters. The summed E-state index contributed by atoms with van der Waals surface area (Å²) in [4.78, 5) is 0. The Morgan fingerprint density at radius 3 is 0.327 bits per heavy atom. The van der Waals surface area contributed by atoms with Crippen LogP contribution >= 0.6 is 0 Å². The van der Waals surface area contributed by atoms with E-state index in [1.807, 2.05) is 0 Å². The zero-order chi connectivity index (χ0) is 65.8. The van der Waals surface area contributed by atoms with Crippen molar-refractivity contribution in [2.24, 2.45) is 0 Å². The van der Waals surface area contributed by atoms with E-state index in [0.29, 0.717) is 159 Å². The molecule has 6 saturated heterocycles. The average molecular weight is 1400 g/mol. The number of benzene rings is 10. The van der Waals surface area contributed by atoms with E-state index in [9.17, 15) is 0 Å². The van der Waals surface area contributed by atoms with Crippen LogP contribution in [-0.2, 0) is 75.8 Å². The van der Waals surface area contributed by atoms with Crippen molar-refractivity contribution in [3.63, 3.8) is 0 Å². The summed E-state index contributed by atoms with van der Waals surface area (Å²) in [5, 5.41) is 21.8. The first-order valence-corrected chi connectivity index (χ1v) is 35.2. The molecule has 0 amide bonds. The SMILES string of the molecule is C1CCOC1.C1CCOC1.C1CCOC1.C1CCOC1.C1COCCOCCOCCOCCOCCO1.C1COCCOCCOCCOCCOCCO1.[K].[K].c1cc2cccc3c4cccc5cccc(c(c1)c23)c54.c1cc2cccc3c4cccc5cccc(c(c1)c23)c54. The van der Waals surface area contributed by atoms with E-state index in [1.165, 1.54) is 138 Å². The van der Waals surface area contributed by atoms with Crippen molar-refractivity contribution in [2.75, 3.05) is 211 Å². The third-order valence-electron chi connectivity index (χ3n) is 16.6. The molecule has 0 N–H and O–H groups in total. The van der Waals surface area contributed by atoms with Crippen LogP contribution in [-0.4, -0.2) is 314 Å². The molecule has 0 aromatic heterocycles. The topological polar surface area (TPSA) is 148 Å². The summed E-state index contributed by atoms with van der Waals surface area (Å²) in [5.74, 6) is 0. The Hall–Kier alpha value is -2.57. The molecule has 6 aliphatic heterocycles. The van der Waals surface area contributed by atoms with Gasteiger partial charge in [-0.2, -0.15) is 0 Å². The zero-order valence-corrected chi connectivity index (χ0v) is 64.9. The van der Waals surface area contributed by atoms with Gasteiger partial charge in [-0.25, -0.2) is 0 Å². The standard InChI is InChI=1S/2C20H12.2C12H24O6.4C4H8O.2K/c2*1-5-13-6-2-11-17-18-12-4-8-14-7-3-10-16(20(14)18)15(9-1)19(13)17;2*1-2-14-5-6-16-9-10-18-12-11-17-8-7-15-4-3-13-1;4*1-2-4-5-3-1;;/h2*1-12H;2*1-12H2;4*1-4H2;;. The van der Waals surface area contributed by atoms with Crippen LogP contribution in [0.2, 0.25) is 0 Å². The molecular formula is C80H104K2O16. The van der Waals surface area contributed by atoms with Crippen molar-refractivity contribution >= 4 is 189 Å². The first-order chi connectivity index (χ1) is 47.9. The van der Waals surface area contributed by atoms with Gasteiger partial charge in [-0.15, -0.1) is 0 Å². The van der Waals surface area contributed by atoms with E-state index in [-0.39, 0.29) is 103 Å². The molecule has 98 heavy (non-hydrogen) atoms. The van der Waals surface area contributed by atoms with Gasteiger partial charge in [-0.3, -0.25) is 0 Å². The normalized spacial score (nSPS) is 18.6. The minimum atomic E-state index is 0. The molecule has 16 rings (SSSR count). The quantitative estimate of drug-likeness (QED) is 0.0805. The third kappa shape index (κ3) is 29.2. The summed E-state index contributed by atoms with van der Waals surface area (Å²) in [6.07, 6.45) is 10.2. The number of ether oxygens (including phenoxy) is 16. The predicted octanol–water partition coefficient (Wildman–Crippen LogP) is 14.1.